The number of ether oxygens (including phenoxy) is 4. The quantitative estimate of drug-likeness (QED) is 0.736. The minimum atomic E-state index is -0.293. The number of carbonyl (C=O) groups is 1. The van der Waals surface area contributed by atoms with Crippen molar-refractivity contribution in [2.45, 2.75) is 32.6 Å². The van der Waals surface area contributed by atoms with E-state index >= 15 is 0 Å². The van der Waals surface area contributed by atoms with Gasteiger partial charge in [-0.25, -0.2) is 4.98 Å². The van der Waals surface area contributed by atoms with E-state index in [1.54, 1.807) is 12.1 Å². The Bertz CT molecular complexity index is 821. The van der Waals surface area contributed by atoms with Crippen LogP contribution in [0.15, 0.2) is 17.5 Å². The summed E-state index contributed by atoms with van der Waals surface area (Å²) >= 11 is 1.40. The van der Waals surface area contributed by atoms with Crippen LogP contribution in [0, 0.1) is 0 Å². The number of amides is 1. The largest absolute Gasteiger partial charge is 0.493 e. The summed E-state index contributed by atoms with van der Waals surface area (Å²) in [7, 11) is 4.55. The van der Waals surface area contributed by atoms with Crippen LogP contribution in [0.25, 0.3) is 0 Å². The summed E-state index contributed by atoms with van der Waals surface area (Å²) in [5.41, 5.74) is 1.32. The predicted octanol–water partition coefficient (Wildman–Crippen LogP) is 3.03. The fourth-order valence-corrected chi connectivity index (χ4v) is 4.16. The average molecular weight is 422 g/mol. The first-order valence-electron chi connectivity index (χ1n) is 9.37. The minimum Gasteiger partial charge on any atom is -0.493 e. The van der Waals surface area contributed by atoms with Crippen LogP contribution in [0.3, 0.4) is 0 Å². The van der Waals surface area contributed by atoms with Crippen LogP contribution in [0.5, 0.6) is 17.2 Å². The molecule has 1 fully saturated rings. The van der Waals surface area contributed by atoms with Crippen LogP contribution < -0.4 is 19.5 Å². The van der Waals surface area contributed by atoms with E-state index in [9.17, 15) is 4.79 Å². The normalized spacial score (nSPS) is 19.6. The Hall–Kier alpha value is -2.36. The monoisotopic (exact) mass is 421 g/mol. The molecule has 1 aromatic carbocycles. The molecule has 1 aliphatic heterocycles. The van der Waals surface area contributed by atoms with Crippen LogP contribution in [0.1, 0.15) is 29.9 Å². The van der Waals surface area contributed by atoms with Crippen molar-refractivity contribution in [1.82, 2.24) is 9.88 Å². The second kappa shape index (κ2) is 9.43. The Morgan fingerprint density at radius 2 is 1.79 bits per heavy atom. The summed E-state index contributed by atoms with van der Waals surface area (Å²) < 4.78 is 21.7. The van der Waals surface area contributed by atoms with Crippen LogP contribution in [0.2, 0.25) is 0 Å². The molecule has 9 heteroatoms. The summed E-state index contributed by atoms with van der Waals surface area (Å²) in [6.07, 6.45) is 0.410. The second-order valence-electron chi connectivity index (χ2n) is 6.96. The topological polar surface area (TPSA) is 82.2 Å². The van der Waals surface area contributed by atoms with Gasteiger partial charge in [0, 0.05) is 30.6 Å². The zero-order valence-electron chi connectivity index (χ0n) is 17.4. The van der Waals surface area contributed by atoms with Gasteiger partial charge in [-0.1, -0.05) is 0 Å². The summed E-state index contributed by atoms with van der Waals surface area (Å²) in [4.78, 5) is 19.6. The lowest BCUT2D eigenvalue weighted by Gasteiger charge is -2.34. The van der Waals surface area contributed by atoms with Gasteiger partial charge in [-0.05, 0) is 26.0 Å². The minimum absolute atomic E-state index is 0.205. The maximum Gasteiger partial charge on any atom is 0.257 e. The predicted molar refractivity (Wildman–Crippen MR) is 111 cm³/mol. The zero-order chi connectivity index (χ0) is 21.0. The molecule has 1 saturated heterocycles. The molecule has 158 valence electrons. The zero-order valence-corrected chi connectivity index (χ0v) is 18.2. The molecule has 3 rings (SSSR count). The molecule has 0 aliphatic carbocycles. The molecule has 1 aliphatic rings. The first-order valence-corrected chi connectivity index (χ1v) is 10.2. The number of anilines is 1. The van der Waals surface area contributed by atoms with E-state index in [4.69, 9.17) is 18.9 Å². The second-order valence-corrected chi connectivity index (χ2v) is 7.82. The van der Waals surface area contributed by atoms with Crippen LogP contribution in [0.4, 0.5) is 5.13 Å². The Morgan fingerprint density at radius 3 is 2.34 bits per heavy atom. The summed E-state index contributed by atoms with van der Waals surface area (Å²) in [5.74, 6) is 0.996. The molecule has 0 bridgehead atoms. The number of nitrogens with one attached hydrogen (secondary N) is 1. The van der Waals surface area contributed by atoms with Crippen molar-refractivity contribution in [3.05, 3.63) is 28.8 Å². The molecule has 0 spiro atoms. The van der Waals surface area contributed by atoms with Gasteiger partial charge in [0.1, 0.15) is 0 Å². The van der Waals surface area contributed by atoms with Crippen molar-refractivity contribution in [2.24, 2.45) is 0 Å². The van der Waals surface area contributed by atoms with Gasteiger partial charge < -0.3 is 18.9 Å². The van der Waals surface area contributed by atoms with Crippen LogP contribution in [-0.4, -0.2) is 62.4 Å². The molecule has 0 unspecified atom stereocenters. The fraction of sp³-hybridized carbons (Fsp3) is 0.500. The highest BCUT2D eigenvalue weighted by Gasteiger charge is 2.23. The van der Waals surface area contributed by atoms with Crippen molar-refractivity contribution >= 4 is 22.4 Å². The van der Waals surface area contributed by atoms with Crippen LogP contribution in [-0.2, 0) is 11.3 Å². The number of thiazole rings is 1. The highest BCUT2D eigenvalue weighted by Crippen LogP contribution is 2.38. The van der Waals surface area contributed by atoms with Crippen LogP contribution >= 0.6 is 11.3 Å². The van der Waals surface area contributed by atoms with Gasteiger partial charge >= 0.3 is 0 Å². The third kappa shape index (κ3) is 5.17. The van der Waals surface area contributed by atoms with E-state index in [1.165, 1.54) is 32.7 Å². The summed E-state index contributed by atoms with van der Waals surface area (Å²) in [6, 6.07) is 3.23. The Kier molecular flexibility index (Phi) is 6.94. The number of nitrogens with zero attached hydrogens (tertiary/aromatic N) is 2. The number of carbonyl (C=O) groups excluding carboxylic acids is 1. The summed E-state index contributed by atoms with van der Waals surface area (Å²) in [5, 5.41) is 5.36. The SMILES string of the molecule is COc1cc(C(=O)Nc2nc(CN3C[C@@H](C)O[C@@H](C)C3)cs2)cc(OC)c1OC. The molecule has 2 heterocycles. The van der Waals surface area contributed by atoms with Crippen molar-refractivity contribution < 1.29 is 23.7 Å². The molecule has 2 aromatic rings. The van der Waals surface area contributed by atoms with E-state index in [1.807, 2.05) is 5.38 Å². The van der Waals surface area contributed by atoms with Gasteiger partial charge in [-0.15, -0.1) is 11.3 Å². The number of hydrogen-bond donors (Lipinski definition) is 1. The van der Waals surface area contributed by atoms with Crippen molar-refractivity contribution in [3.8, 4) is 17.2 Å². The molecule has 0 radical (unpaired) electrons. The average Bonchev–Trinajstić information content (AvgIpc) is 3.12. The third-order valence-electron chi connectivity index (χ3n) is 4.58. The van der Waals surface area contributed by atoms with E-state index < -0.39 is 0 Å². The van der Waals surface area contributed by atoms with E-state index in [-0.39, 0.29) is 18.1 Å². The maximum absolute atomic E-state index is 12.7. The lowest BCUT2D eigenvalue weighted by molar-refractivity contribution is -0.0707. The third-order valence-corrected chi connectivity index (χ3v) is 5.39. The Labute approximate surface area is 174 Å². The van der Waals surface area contributed by atoms with Crippen molar-refractivity contribution in [2.75, 3.05) is 39.7 Å². The standard InChI is InChI=1S/C20H27N3O5S/c1-12-8-23(9-13(2)28-12)10-15-11-29-20(21-15)22-19(24)14-6-16(25-3)18(27-5)17(7-14)26-4/h6-7,11-13H,8-10H2,1-5H3,(H,21,22,24)/t12-,13+. The molecule has 1 N–H and O–H groups in total. The molecule has 0 saturated carbocycles. The molecular weight excluding hydrogens is 394 g/mol. The first-order chi connectivity index (χ1) is 13.9. The molecule has 1 amide bonds. The van der Waals surface area contributed by atoms with E-state index in [2.05, 4.69) is 29.0 Å². The molecular formula is C20H27N3O5S. The van der Waals surface area contributed by atoms with E-state index in [0.717, 1.165) is 25.3 Å². The number of benzene rings is 1. The van der Waals surface area contributed by atoms with Gasteiger partial charge in [0.15, 0.2) is 16.6 Å². The number of rotatable bonds is 7. The van der Waals surface area contributed by atoms with Gasteiger partial charge in [-0.2, -0.15) is 0 Å². The lowest BCUT2D eigenvalue weighted by Crippen LogP contribution is -2.44. The first kappa shape index (κ1) is 21.4. The summed E-state index contributed by atoms with van der Waals surface area (Å²) in [6.45, 7) is 6.62. The smallest absolute Gasteiger partial charge is 0.257 e. The van der Waals surface area contributed by atoms with Gasteiger partial charge in [0.2, 0.25) is 5.75 Å². The Balaban J connectivity index is 1.69. The van der Waals surface area contributed by atoms with Crippen molar-refractivity contribution in [1.29, 1.82) is 0 Å². The van der Waals surface area contributed by atoms with E-state index in [0.29, 0.717) is 27.9 Å². The molecule has 1 aromatic heterocycles. The highest BCUT2D eigenvalue weighted by atomic mass is 32.1. The lowest BCUT2D eigenvalue weighted by atomic mass is 10.1. The highest BCUT2D eigenvalue weighted by molar-refractivity contribution is 7.14. The number of aromatic nitrogens is 1. The number of methoxy groups -OCH3 is 3. The number of morpholine rings is 1. The van der Waals surface area contributed by atoms with Gasteiger partial charge in [0.05, 0.1) is 39.2 Å². The fourth-order valence-electron chi connectivity index (χ4n) is 3.46. The molecule has 8 nitrogen and oxygen atoms in total. The number of hydrogen-bond acceptors (Lipinski definition) is 8. The van der Waals surface area contributed by atoms with Crippen molar-refractivity contribution in [3.63, 3.8) is 0 Å². The van der Waals surface area contributed by atoms with Gasteiger partial charge in [-0.3, -0.25) is 15.0 Å². The Morgan fingerprint density at radius 1 is 1.17 bits per heavy atom. The molecule has 2 atom stereocenters. The molecule has 29 heavy (non-hydrogen) atoms. The maximum atomic E-state index is 12.7. The van der Waals surface area contributed by atoms with Gasteiger partial charge in [0.25, 0.3) is 5.91 Å².